The summed E-state index contributed by atoms with van der Waals surface area (Å²) in [4.78, 5) is 10.5. The summed E-state index contributed by atoms with van der Waals surface area (Å²) in [5.41, 5.74) is 2.08. The fourth-order valence-electron chi connectivity index (χ4n) is 1.32. The Bertz CT molecular complexity index is 344. The summed E-state index contributed by atoms with van der Waals surface area (Å²) in [6, 6.07) is 3.65. The molecule has 3 nitrogen and oxygen atoms in total. The summed E-state index contributed by atoms with van der Waals surface area (Å²) in [6.45, 7) is 1.96. The highest BCUT2D eigenvalue weighted by atomic mass is 16.1. The van der Waals surface area contributed by atoms with E-state index in [1.807, 2.05) is 13.0 Å². The normalized spacial score (nSPS) is 9.42. The van der Waals surface area contributed by atoms with Crippen molar-refractivity contribution in [3.05, 3.63) is 23.0 Å². The molecule has 0 bridgehead atoms. The minimum Gasteiger partial charge on any atom is -0.339 e. The molecule has 0 saturated heterocycles. The fraction of sp³-hybridized carbons (Fsp3) is 0.333. The Morgan fingerprint density at radius 2 is 2.42 bits per heavy atom. The first kappa shape index (κ1) is 8.54. The van der Waals surface area contributed by atoms with Crippen molar-refractivity contribution in [2.24, 2.45) is 7.05 Å². The van der Waals surface area contributed by atoms with Gasteiger partial charge in [0.15, 0.2) is 6.29 Å². The van der Waals surface area contributed by atoms with Crippen LogP contribution in [0.25, 0.3) is 0 Å². The van der Waals surface area contributed by atoms with Gasteiger partial charge in [-0.05, 0) is 12.5 Å². The molecule has 12 heavy (non-hydrogen) atoms. The highest BCUT2D eigenvalue weighted by molar-refractivity contribution is 5.77. The van der Waals surface area contributed by atoms with Crippen LogP contribution in [0.4, 0.5) is 0 Å². The van der Waals surface area contributed by atoms with Crippen LogP contribution in [0, 0.1) is 11.3 Å². The Balaban J connectivity index is 3.34. The van der Waals surface area contributed by atoms with E-state index >= 15 is 0 Å². The third-order valence-electron chi connectivity index (χ3n) is 1.97. The van der Waals surface area contributed by atoms with Gasteiger partial charge in [-0.1, -0.05) is 6.92 Å². The first-order chi connectivity index (χ1) is 5.74. The molecule has 1 aromatic rings. The van der Waals surface area contributed by atoms with Gasteiger partial charge in [-0.2, -0.15) is 5.26 Å². The van der Waals surface area contributed by atoms with Crippen molar-refractivity contribution in [2.75, 3.05) is 0 Å². The van der Waals surface area contributed by atoms with Gasteiger partial charge < -0.3 is 4.57 Å². The third kappa shape index (κ3) is 1.12. The maximum absolute atomic E-state index is 10.5. The van der Waals surface area contributed by atoms with E-state index in [0.29, 0.717) is 11.3 Å². The smallest absolute Gasteiger partial charge is 0.151 e. The minimum atomic E-state index is 0.536. The molecule has 0 saturated carbocycles. The second-order valence-electron chi connectivity index (χ2n) is 2.57. The van der Waals surface area contributed by atoms with Gasteiger partial charge in [0.25, 0.3) is 0 Å². The molecule has 1 heterocycles. The molecular formula is C9H10N2O. The predicted molar refractivity (Wildman–Crippen MR) is 44.9 cm³/mol. The molecule has 0 radical (unpaired) electrons. The van der Waals surface area contributed by atoms with Crippen molar-refractivity contribution in [1.82, 2.24) is 4.57 Å². The van der Waals surface area contributed by atoms with E-state index in [2.05, 4.69) is 0 Å². The quantitative estimate of drug-likeness (QED) is 0.615. The lowest BCUT2D eigenvalue weighted by Gasteiger charge is -2.00. The van der Waals surface area contributed by atoms with Crippen molar-refractivity contribution >= 4 is 6.29 Å². The second kappa shape index (κ2) is 3.22. The SMILES string of the molecule is CCc1c(C=O)cc(C#N)n1C. The fourth-order valence-corrected chi connectivity index (χ4v) is 1.32. The zero-order valence-corrected chi connectivity index (χ0v) is 7.16. The number of hydrogen-bond acceptors (Lipinski definition) is 2. The molecule has 1 rings (SSSR count). The van der Waals surface area contributed by atoms with Gasteiger partial charge in [-0.25, -0.2) is 0 Å². The number of hydrogen-bond donors (Lipinski definition) is 0. The maximum Gasteiger partial charge on any atom is 0.151 e. The largest absolute Gasteiger partial charge is 0.339 e. The van der Waals surface area contributed by atoms with E-state index < -0.39 is 0 Å². The van der Waals surface area contributed by atoms with E-state index in [0.717, 1.165) is 18.4 Å². The van der Waals surface area contributed by atoms with Crippen LogP contribution in [-0.4, -0.2) is 10.9 Å². The number of nitriles is 1. The summed E-state index contributed by atoms with van der Waals surface area (Å²) < 4.78 is 1.75. The number of nitrogens with zero attached hydrogens (tertiary/aromatic N) is 2. The topological polar surface area (TPSA) is 45.8 Å². The highest BCUT2D eigenvalue weighted by Gasteiger charge is 2.08. The Morgan fingerprint density at radius 3 is 2.75 bits per heavy atom. The number of carbonyl (C=O) groups is 1. The molecule has 0 spiro atoms. The first-order valence-corrected chi connectivity index (χ1v) is 3.78. The molecule has 0 aliphatic heterocycles. The average molecular weight is 162 g/mol. The molecular weight excluding hydrogens is 152 g/mol. The van der Waals surface area contributed by atoms with Crippen LogP contribution < -0.4 is 0 Å². The van der Waals surface area contributed by atoms with Crippen LogP contribution in [-0.2, 0) is 13.5 Å². The highest BCUT2D eigenvalue weighted by Crippen LogP contribution is 2.12. The van der Waals surface area contributed by atoms with Crippen LogP contribution in [0.1, 0.15) is 28.7 Å². The lowest BCUT2D eigenvalue weighted by Crippen LogP contribution is -1.98. The van der Waals surface area contributed by atoms with Crippen molar-refractivity contribution in [1.29, 1.82) is 5.26 Å². The van der Waals surface area contributed by atoms with Crippen LogP contribution >= 0.6 is 0 Å². The summed E-state index contributed by atoms with van der Waals surface area (Å²) >= 11 is 0. The molecule has 0 amide bonds. The van der Waals surface area contributed by atoms with Gasteiger partial charge >= 0.3 is 0 Å². The average Bonchev–Trinajstić information content (AvgIpc) is 2.41. The van der Waals surface area contributed by atoms with E-state index in [9.17, 15) is 4.79 Å². The summed E-state index contributed by atoms with van der Waals surface area (Å²) in [5, 5.41) is 8.66. The van der Waals surface area contributed by atoms with Gasteiger partial charge in [-0.15, -0.1) is 0 Å². The number of carbonyl (C=O) groups excluding carboxylic acids is 1. The summed E-state index contributed by atoms with van der Waals surface area (Å²) in [6.07, 6.45) is 1.56. The lowest BCUT2D eigenvalue weighted by molar-refractivity contribution is 0.112. The monoisotopic (exact) mass is 162 g/mol. The Kier molecular flexibility index (Phi) is 2.29. The van der Waals surface area contributed by atoms with E-state index in [1.165, 1.54) is 0 Å². The van der Waals surface area contributed by atoms with E-state index in [1.54, 1.807) is 17.7 Å². The van der Waals surface area contributed by atoms with Crippen molar-refractivity contribution in [3.63, 3.8) is 0 Å². The summed E-state index contributed by atoms with van der Waals surface area (Å²) in [5.74, 6) is 0. The van der Waals surface area contributed by atoms with Gasteiger partial charge in [0, 0.05) is 18.3 Å². The van der Waals surface area contributed by atoms with Crippen LogP contribution in [0.2, 0.25) is 0 Å². The van der Waals surface area contributed by atoms with Crippen LogP contribution in [0.15, 0.2) is 6.07 Å². The summed E-state index contributed by atoms with van der Waals surface area (Å²) in [7, 11) is 1.80. The molecule has 0 aromatic carbocycles. The van der Waals surface area contributed by atoms with Crippen molar-refractivity contribution < 1.29 is 4.79 Å². The second-order valence-corrected chi connectivity index (χ2v) is 2.57. The molecule has 3 heteroatoms. The lowest BCUT2D eigenvalue weighted by atomic mass is 10.2. The molecule has 0 N–H and O–H groups in total. The Morgan fingerprint density at radius 1 is 1.75 bits per heavy atom. The van der Waals surface area contributed by atoms with Crippen LogP contribution in [0.3, 0.4) is 0 Å². The first-order valence-electron chi connectivity index (χ1n) is 3.78. The zero-order chi connectivity index (χ0) is 9.14. The van der Waals surface area contributed by atoms with Gasteiger partial charge in [-0.3, -0.25) is 4.79 Å². The number of aldehydes is 1. The molecule has 0 aliphatic carbocycles. The van der Waals surface area contributed by atoms with Gasteiger partial charge in [0.1, 0.15) is 11.8 Å². The third-order valence-corrected chi connectivity index (χ3v) is 1.97. The molecule has 0 aliphatic rings. The number of rotatable bonds is 2. The van der Waals surface area contributed by atoms with Crippen molar-refractivity contribution in [2.45, 2.75) is 13.3 Å². The molecule has 1 aromatic heterocycles. The van der Waals surface area contributed by atoms with Gasteiger partial charge in [0.2, 0.25) is 0 Å². The maximum atomic E-state index is 10.5. The predicted octanol–water partition coefficient (Wildman–Crippen LogP) is 1.27. The van der Waals surface area contributed by atoms with Crippen LogP contribution in [0.5, 0.6) is 0 Å². The number of aromatic nitrogens is 1. The molecule has 62 valence electrons. The molecule has 0 unspecified atom stereocenters. The Hall–Kier alpha value is -1.56. The van der Waals surface area contributed by atoms with E-state index in [-0.39, 0.29) is 0 Å². The molecule has 0 fully saturated rings. The molecule has 0 atom stereocenters. The zero-order valence-electron chi connectivity index (χ0n) is 7.16. The van der Waals surface area contributed by atoms with Gasteiger partial charge in [0.05, 0.1) is 0 Å². The van der Waals surface area contributed by atoms with E-state index in [4.69, 9.17) is 5.26 Å². The minimum absolute atomic E-state index is 0.536. The van der Waals surface area contributed by atoms with Crippen molar-refractivity contribution in [3.8, 4) is 6.07 Å². The standard InChI is InChI=1S/C9H10N2O/c1-3-9-7(6-12)4-8(5-10)11(9)2/h4,6H,3H2,1-2H3. The Labute approximate surface area is 71.2 Å².